The van der Waals surface area contributed by atoms with Crippen LogP contribution in [-0.2, 0) is 16.1 Å². The Morgan fingerprint density at radius 1 is 1.43 bits per heavy atom. The van der Waals surface area contributed by atoms with Crippen LogP contribution in [0.15, 0.2) is 22.7 Å². The first-order valence-electron chi connectivity index (χ1n) is 6.82. The molecule has 118 valence electrons. The van der Waals surface area contributed by atoms with Gasteiger partial charge >= 0.3 is 0 Å². The highest BCUT2D eigenvalue weighted by Crippen LogP contribution is 2.30. The lowest BCUT2D eigenvalue weighted by atomic mass is 10.2. The zero-order valence-corrected chi connectivity index (χ0v) is 14.6. The first-order chi connectivity index (χ1) is 9.97. The number of para-hydroxylation sites is 1. The number of nitrogens with one attached hydrogen (secondary N) is 1. The molecule has 1 N–H and O–H groups in total. The van der Waals surface area contributed by atoms with Crippen LogP contribution in [0.5, 0.6) is 5.75 Å². The van der Waals surface area contributed by atoms with Gasteiger partial charge in [0, 0.05) is 39.9 Å². The minimum Gasteiger partial charge on any atom is -0.479 e. The Balaban J connectivity index is 2.77. The molecule has 0 heterocycles. The summed E-state index contributed by atoms with van der Waals surface area (Å²) in [4.78, 5) is 13.4. The van der Waals surface area contributed by atoms with E-state index >= 15 is 0 Å². The summed E-state index contributed by atoms with van der Waals surface area (Å²) in [7, 11) is 5.11. The molecule has 21 heavy (non-hydrogen) atoms. The molecule has 1 atom stereocenters. The van der Waals surface area contributed by atoms with Crippen LogP contribution < -0.4 is 10.1 Å². The number of likely N-dealkylation sites (N-methyl/N-ethyl adjacent to an activating group) is 1. The number of benzene rings is 1. The van der Waals surface area contributed by atoms with Gasteiger partial charge < -0.3 is 19.7 Å². The molecule has 0 aliphatic heterocycles. The van der Waals surface area contributed by atoms with Crippen molar-refractivity contribution in [3.63, 3.8) is 0 Å². The fourth-order valence-electron chi connectivity index (χ4n) is 1.81. The van der Waals surface area contributed by atoms with E-state index in [0.29, 0.717) is 18.9 Å². The quantitative estimate of drug-likeness (QED) is 0.722. The third-order valence-corrected chi connectivity index (χ3v) is 3.55. The Kier molecular flexibility index (Phi) is 7.71. The molecule has 0 saturated heterocycles. The summed E-state index contributed by atoms with van der Waals surface area (Å²) in [5.74, 6) is 0.633. The van der Waals surface area contributed by atoms with Crippen molar-refractivity contribution in [2.45, 2.75) is 19.6 Å². The van der Waals surface area contributed by atoms with Crippen molar-refractivity contribution in [1.29, 1.82) is 0 Å². The summed E-state index contributed by atoms with van der Waals surface area (Å²) in [5, 5.41) is 3.27. The third-order valence-electron chi connectivity index (χ3n) is 2.93. The molecule has 1 aromatic carbocycles. The highest BCUT2D eigenvalue weighted by atomic mass is 79.9. The number of halogens is 1. The van der Waals surface area contributed by atoms with Crippen LogP contribution in [0.1, 0.15) is 12.5 Å². The van der Waals surface area contributed by atoms with Gasteiger partial charge in [-0.3, -0.25) is 4.79 Å². The Morgan fingerprint density at radius 2 is 2.14 bits per heavy atom. The van der Waals surface area contributed by atoms with Crippen LogP contribution in [0.4, 0.5) is 0 Å². The number of hydrogen-bond donors (Lipinski definition) is 1. The SMILES string of the molecule is COCCNCc1cccc(Br)c1OC(C)C(=O)N(C)C. The maximum Gasteiger partial charge on any atom is 0.262 e. The minimum atomic E-state index is -0.531. The Hall–Kier alpha value is -1.11. The van der Waals surface area contributed by atoms with E-state index < -0.39 is 6.10 Å². The number of rotatable bonds is 8. The fourth-order valence-corrected chi connectivity index (χ4v) is 2.31. The molecule has 1 rings (SSSR count). The Bertz CT molecular complexity index is 466. The standard InChI is InChI=1S/C15H23BrN2O3/c1-11(15(19)18(2)3)21-14-12(6-5-7-13(14)16)10-17-8-9-20-4/h5-7,11,17H,8-10H2,1-4H3. The van der Waals surface area contributed by atoms with Gasteiger partial charge in [0.25, 0.3) is 5.91 Å². The van der Waals surface area contributed by atoms with Crippen LogP contribution in [-0.4, -0.2) is 51.3 Å². The van der Waals surface area contributed by atoms with Crippen molar-refractivity contribution in [2.24, 2.45) is 0 Å². The molecule has 0 fully saturated rings. The zero-order valence-electron chi connectivity index (χ0n) is 13.0. The summed E-state index contributed by atoms with van der Waals surface area (Å²) in [6, 6.07) is 5.83. The van der Waals surface area contributed by atoms with E-state index in [1.54, 1.807) is 28.1 Å². The Morgan fingerprint density at radius 3 is 2.76 bits per heavy atom. The summed E-state index contributed by atoms with van der Waals surface area (Å²) < 4.78 is 11.7. The molecule has 1 unspecified atom stereocenters. The molecule has 0 aromatic heterocycles. The van der Waals surface area contributed by atoms with Crippen LogP contribution >= 0.6 is 15.9 Å². The average molecular weight is 359 g/mol. The molecule has 0 aliphatic rings. The highest BCUT2D eigenvalue weighted by molar-refractivity contribution is 9.10. The summed E-state index contributed by atoms with van der Waals surface area (Å²) in [6.07, 6.45) is -0.531. The van der Waals surface area contributed by atoms with Crippen LogP contribution in [0.3, 0.4) is 0 Å². The predicted octanol–water partition coefficient (Wildman–Crippen LogP) is 2.04. The largest absolute Gasteiger partial charge is 0.479 e. The molecule has 0 bridgehead atoms. The fraction of sp³-hybridized carbons (Fsp3) is 0.533. The van der Waals surface area contributed by atoms with Gasteiger partial charge in [0.2, 0.25) is 0 Å². The molecule has 1 amide bonds. The van der Waals surface area contributed by atoms with Gasteiger partial charge in [-0.1, -0.05) is 12.1 Å². The van der Waals surface area contributed by atoms with Gasteiger partial charge in [-0.2, -0.15) is 0 Å². The predicted molar refractivity (Wildman–Crippen MR) is 86.5 cm³/mol. The molecule has 0 radical (unpaired) electrons. The monoisotopic (exact) mass is 358 g/mol. The van der Waals surface area contributed by atoms with Crippen molar-refractivity contribution < 1.29 is 14.3 Å². The molecule has 5 nitrogen and oxygen atoms in total. The van der Waals surface area contributed by atoms with Crippen LogP contribution in [0.25, 0.3) is 0 Å². The second kappa shape index (κ2) is 9.02. The molecule has 0 aliphatic carbocycles. The topological polar surface area (TPSA) is 50.8 Å². The van der Waals surface area contributed by atoms with Gasteiger partial charge in [0.05, 0.1) is 11.1 Å². The van der Waals surface area contributed by atoms with Crippen LogP contribution in [0, 0.1) is 0 Å². The van der Waals surface area contributed by atoms with E-state index in [1.165, 1.54) is 4.90 Å². The second-order valence-corrected chi connectivity index (χ2v) is 5.74. The van der Waals surface area contributed by atoms with E-state index in [1.807, 2.05) is 18.2 Å². The van der Waals surface area contributed by atoms with Crippen molar-refractivity contribution in [1.82, 2.24) is 10.2 Å². The maximum absolute atomic E-state index is 11.9. The number of nitrogens with zero attached hydrogens (tertiary/aromatic N) is 1. The lowest BCUT2D eigenvalue weighted by Gasteiger charge is -2.21. The molecule has 0 saturated carbocycles. The van der Waals surface area contributed by atoms with Crippen molar-refractivity contribution in [2.75, 3.05) is 34.4 Å². The molecular weight excluding hydrogens is 336 g/mol. The lowest BCUT2D eigenvalue weighted by molar-refractivity contribution is -0.135. The van der Waals surface area contributed by atoms with E-state index in [9.17, 15) is 4.79 Å². The summed E-state index contributed by atoms with van der Waals surface area (Å²) >= 11 is 3.48. The molecule has 1 aromatic rings. The molecule has 6 heteroatoms. The Labute approximate surface area is 134 Å². The number of ether oxygens (including phenoxy) is 2. The van der Waals surface area contributed by atoms with E-state index in [2.05, 4.69) is 21.2 Å². The van der Waals surface area contributed by atoms with Crippen molar-refractivity contribution >= 4 is 21.8 Å². The van der Waals surface area contributed by atoms with E-state index in [4.69, 9.17) is 9.47 Å². The van der Waals surface area contributed by atoms with Gasteiger partial charge in [-0.05, 0) is 28.9 Å². The van der Waals surface area contributed by atoms with Crippen molar-refractivity contribution in [3.8, 4) is 5.75 Å². The third kappa shape index (κ3) is 5.65. The number of methoxy groups -OCH3 is 1. The lowest BCUT2D eigenvalue weighted by Crippen LogP contribution is -2.35. The van der Waals surface area contributed by atoms with Gasteiger partial charge in [-0.15, -0.1) is 0 Å². The number of carbonyl (C=O) groups is 1. The van der Waals surface area contributed by atoms with Crippen LogP contribution in [0.2, 0.25) is 0 Å². The zero-order chi connectivity index (χ0) is 15.8. The van der Waals surface area contributed by atoms with E-state index in [-0.39, 0.29) is 5.91 Å². The van der Waals surface area contributed by atoms with Gasteiger partial charge in [0.1, 0.15) is 5.75 Å². The van der Waals surface area contributed by atoms with Gasteiger partial charge in [-0.25, -0.2) is 0 Å². The maximum atomic E-state index is 11.9. The second-order valence-electron chi connectivity index (χ2n) is 4.89. The van der Waals surface area contributed by atoms with E-state index in [0.717, 1.165) is 16.6 Å². The summed E-state index contributed by atoms with van der Waals surface area (Å²) in [6.45, 7) is 3.82. The molecule has 0 spiro atoms. The molecular formula is C15H23BrN2O3. The number of carbonyl (C=O) groups excluding carboxylic acids is 1. The highest BCUT2D eigenvalue weighted by Gasteiger charge is 2.19. The number of hydrogen-bond acceptors (Lipinski definition) is 4. The summed E-state index contributed by atoms with van der Waals surface area (Å²) in [5.41, 5.74) is 0.999. The van der Waals surface area contributed by atoms with Crippen molar-refractivity contribution in [3.05, 3.63) is 28.2 Å². The number of amides is 1. The average Bonchev–Trinajstić information content (AvgIpc) is 2.45. The minimum absolute atomic E-state index is 0.0657. The first kappa shape index (κ1) is 17.9. The first-order valence-corrected chi connectivity index (χ1v) is 7.61. The van der Waals surface area contributed by atoms with Gasteiger partial charge in [0.15, 0.2) is 6.10 Å². The smallest absolute Gasteiger partial charge is 0.262 e. The normalized spacial score (nSPS) is 12.0.